The van der Waals surface area contributed by atoms with Gasteiger partial charge in [-0.3, -0.25) is 19.2 Å². The molecule has 3 fully saturated rings. The third-order valence-electron chi connectivity index (χ3n) is 7.37. The van der Waals surface area contributed by atoms with Gasteiger partial charge in [0.1, 0.15) is 6.04 Å². The van der Waals surface area contributed by atoms with Gasteiger partial charge in [-0.25, -0.2) is 0 Å². The second kappa shape index (κ2) is 14.7. The fraction of sp³-hybridized carbons (Fsp3) is 0.643. The molecule has 1 atom stereocenters. The number of hydrogen-bond donors (Lipinski definition) is 2. The van der Waals surface area contributed by atoms with E-state index in [0.29, 0.717) is 49.2 Å². The van der Waals surface area contributed by atoms with E-state index in [4.69, 9.17) is 11.6 Å². The molecule has 1 aromatic rings. The second-order valence-corrected chi connectivity index (χ2v) is 11.1. The van der Waals surface area contributed by atoms with Crippen LogP contribution in [-0.2, 0) is 25.6 Å². The number of carbonyl (C=O) groups excluding carboxylic acids is 4. The number of halogens is 4. The standard InChI is InChI=1S/C28H38ClF3N4O4/c1-2-3-13-36-17-24(37)33-22-10-8-20(9-11-22)26(39)35(14-5-12-28(30,31)32)18-25(38)34-23(27(36)40)16-19-6-4-7-21(29)15-19/h4,6-7,15,20,22-23H,2-3,5,8-14,16-18H2,1H3,(H,33,37)(H,34,38)/t20?,22?,23-/m1/s1. The van der Waals surface area contributed by atoms with Crippen LogP contribution in [0.3, 0.4) is 0 Å². The van der Waals surface area contributed by atoms with Crippen LogP contribution in [0.25, 0.3) is 0 Å². The third-order valence-corrected chi connectivity index (χ3v) is 7.60. The lowest BCUT2D eigenvalue weighted by atomic mass is 9.85. The van der Waals surface area contributed by atoms with E-state index in [-0.39, 0.29) is 43.8 Å². The van der Waals surface area contributed by atoms with Crippen LogP contribution in [-0.4, -0.2) is 77.9 Å². The van der Waals surface area contributed by atoms with Gasteiger partial charge < -0.3 is 20.4 Å². The molecule has 1 saturated carbocycles. The Hall–Kier alpha value is -2.82. The minimum atomic E-state index is -4.38. The van der Waals surface area contributed by atoms with Crippen molar-refractivity contribution < 1.29 is 32.3 Å². The zero-order valence-electron chi connectivity index (χ0n) is 22.8. The third kappa shape index (κ3) is 9.98. The van der Waals surface area contributed by atoms with Crippen molar-refractivity contribution in [3.05, 3.63) is 34.9 Å². The number of hydrogen-bond acceptors (Lipinski definition) is 4. The second-order valence-electron chi connectivity index (χ2n) is 10.7. The zero-order valence-corrected chi connectivity index (χ0v) is 23.5. The summed E-state index contributed by atoms with van der Waals surface area (Å²) >= 11 is 6.13. The van der Waals surface area contributed by atoms with E-state index in [9.17, 15) is 32.3 Å². The number of unbranched alkanes of at least 4 members (excludes halogenated alkanes) is 1. The Morgan fingerprint density at radius 1 is 0.900 bits per heavy atom. The van der Waals surface area contributed by atoms with Gasteiger partial charge in [-0.2, -0.15) is 13.2 Å². The molecular formula is C28H38ClF3N4O4. The smallest absolute Gasteiger partial charge is 0.352 e. The van der Waals surface area contributed by atoms with Gasteiger partial charge in [0.25, 0.3) is 0 Å². The first-order valence-electron chi connectivity index (χ1n) is 13.9. The molecule has 222 valence electrons. The lowest BCUT2D eigenvalue weighted by Gasteiger charge is -2.32. The lowest BCUT2D eigenvalue weighted by molar-refractivity contribution is -0.145. The molecule has 2 aliphatic heterocycles. The Labute approximate surface area is 238 Å². The quantitative estimate of drug-likeness (QED) is 0.452. The van der Waals surface area contributed by atoms with Crippen LogP contribution >= 0.6 is 11.6 Å². The van der Waals surface area contributed by atoms with E-state index in [0.717, 1.165) is 6.42 Å². The predicted octanol–water partition coefficient (Wildman–Crippen LogP) is 3.86. The maximum atomic E-state index is 13.7. The first-order chi connectivity index (χ1) is 18.9. The molecule has 40 heavy (non-hydrogen) atoms. The molecule has 2 bridgehead atoms. The monoisotopic (exact) mass is 586 g/mol. The summed E-state index contributed by atoms with van der Waals surface area (Å²) in [5, 5.41) is 6.13. The van der Waals surface area contributed by atoms with E-state index in [1.54, 1.807) is 24.3 Å². The molecule has 0 radical (unpaired) electrons. The molecule has 0 aromatic heterocycles. The fourth-order valence-electron chi connectivity index (χ4n) is 5.28. The van der Waals surface area contributed by atoms with Gasteiger partial charge in [-0.1, -0.05) is 37.1 Å². The van der Waals surface area contributed by atoms with Crippen molar-refractivity contribution in [1.29, 1.82) is 0 Å². The van der Waals surface area contributed by atoms with E-state index in [1.807, 2.05) is 6.92 Å². The van der Waals surface area contributed by atoms with Gasteiger partial charge >= 0.3 is 6.18 Å². The number of benzene rings is 1. The number of fused-ring (bicyclic) bond motifs is 12. The first kappa shape index (κ1) is 31.7. The van der Waals surface area contributed by atoms with Crippen molar-refractivity contribution in [3.8, 4) is 0 Å². The van der Waals surface area contributed by atoms with E-state index in [1.165, 1.54) is 9.80 Å². The van der Waals surface area contributed by atoms with E-state index >= 15 is 0 Å². The maximum absolute atomic E-state index is 13.7. The van der Waals surface area contributed by atoms with Gasteiger partial charge in [0.15, 0.2) is 0 Å². The molecule has 0 unspecified atom stereocenters. The normalized spacial score (nSPS) is 23.5. The topological polar surface area (TPSA) is 98.8 Å². The molecular weight excluding hydrogens is 549 g/mol. The highest BCUT2D eigenvalue weighted by Gasteiger charge is 2.34. The van der Waals surface area contributed by atoms with Crippen LogP contribution < -0.4 is 10.6 Å². The minimum absolute atomic E-state index is 0.0860. The van der Waals surface area contributed by atoms with Gasteiger partial charge in [0, 0.05) is 42.9 Å². The minimum Gasteiger partial charge on any atom is -0.352 e. The summed E-state index contributed by atoms with van der Waals surface area (Å²) in [6.45, 7) is 1.44. The Kier molecular flexibility index (Phi) is 11.7. The van der Waals surface area contributed by atoms with Crippen LogP contribution in [0.2, 0.25) is 5.02 Å². The Balaban J connectivity index is 1.90. The molecule has 2 N–H and O–H groups in total. The molecule has 8 nitrogen and oxygen atoms in total. The number of carbonyl (C=O) groups is 4. The molecule has 2 saturated heterocycles. The van der Waals surface area contributed by atoms with E-state index in [2.05, 4.69) is 10.6 Å². The van der Waals surface area contributed by atoms with Crippen molar-refractivity contribution in [3.63, 3.8) is 0 Å². The average molecular weight is 587 g/mol. The van der Waals surface area contributed by atoms with Gasteiger partial charge in [-0.15, -0.1) is 0 Å². The van der Waals surface area contributed by atoms with Crippen molar-refractivity contribution in [2.45, 2.75) is 83.0 Å². The maximum Gasteiger partial charge on any atom is 0.389 e. The molecule has 1 aromatic carbocycles. The highest BCUT2D eigenvalue weighted by atomic mass is 35.5. The largest absolute Gasteiger partial charge is 0.389 e. The molecule has 1 aliphatic carbocycles. The predicted molar refractivity (Wildman–Crippen MR) is 144 cm³/mol. The number of alkyl halides is 3. The van der Waals surface area contributed by atoms with Gasteiger partial charge in [-0.05, 0) is 56.2 Å². The number of nitrogens with one attached hydrogen (secondary N) is 2. The van der Waals surface area contributed by atoms with Crippen molar-refractivity contribution in [2.75, 3.05) is 26.2 Å². The van der Waals surface area contributed by atoms with Crippen molar-refractivity contribution in [1.82, 2.24) is 20.4 Å². The molecule has 2 heterocycles. The number of nitrogens with zero attached hydrogens (tertiary/aromatic N) is 2. The van der Waals surface area contributed by atoms with Crippen LogP contribution in [0.4, 0.5) is 13.2 Å². The highest BCUT2D eigenvalue weighted by molar-refractivity contribution is 6.30. The lowest BCUT2D eigenvalue weighted by Crippen LogP contribution is -2.54. The summed E-state index contributed by atoms with van der Waals surface area (Å²) in [6.07, 6.45) is -2.27. The number of amides is 4. The zero-order chi connectivity index (χ0) is 29.3. The summed E-state index contributed by atoms with van der Waals surface area (Å²) in [6, 6.07) is 5.60. The summed E-state index contributed by atoms with van der Waals surface area (Å²) in [5.41, 5.74) is 0.681. The molecule has 4 rings (SSSR count). The van der Waals surface area contributed by atoms with Gasteiger partial charge in [0.05, 0.1) is 13.1 Å². The van der Waals surface area contributed by atoms with Crippen LogP contribution in [0, 0.1) is 5.92 Å². The SMILES string of the molecule is CCCCN1CC(=O)NC2CCC(CC2)C(=O)N(CCCC(F)(F)F)CC(=O)N[C@H](Cc2cccc(Cl)c2)C1=O. The van der Waals surface area contributed by atoms with Crippen LogP contribution in [0.15, 0.2) is 24.3 Å². The van der Waals surface area contributed by atoms with E-state index < -0.39 is 42.9 Å². The molecule has 3 aliphatic rings. The molecule has 4 amide bonds. The van der Waals surface area contributed by atoms with Crippen LogP contribution in [0.1, 0.15) is 63.9 Å². The first-order valence-corrected chi connectivity index (χ1v) is 14.3. The Bertz CT molecular complexity index is 1050. The van der Waals surface area contributed by atoms with Crippen molar-refractivity contribution in [2.24, 2.45) is 5.92 Å². The molecule has 0 spiro atoms. The van der Waals surface area contributed by atoms with Crippen LogP contribution in [0.5, 0.6) is 0 Å². The Morgan fingerprint density at radius 3 is 2.15 bits per heavy atom. The summed E-state index contributed by atoms with van der Waals surface area (Å²) in [5.74, 6) is -2.23. The average Bonchev–Trinajstić information content (AvgIpc) is 2.89. The summed E-state index contributed by atoms with van der Waals surface area (Å²) in [7, 11) is 0. The summed E-state index contributed by atoms with van der Waals surface area (Å²) in [4.78, 5) is 55.9. The summed E-state index contributed by atoms with van der Waals surface area (Å²) < 4.78 is 38.5. The molecule has 12 heteroatoms. The Morgan fingerprint density at radius 2 is 1.52 bits per heavy atom. The highest BCUT2D eigenvalue weighted by Crippen LogP contribution is 2.27. The fourth-order valence-corrected chi connectivity index (χ4v) is 5.49. The van der Waals surface area contributed by atoms with Gasteiger partial charge in [0.2, 0.25) is 23.6 Å². The van der Waals surface area contributed by atoms with Crippen molar-refractivity contribution >= 4 is 35.2 Å². The number of rotatable bonds is 8.